The topological polar surface area (TPSA) is 55.4 Å². The first kappa shape index (κ1) is 14.4. The number of benzene rings is 2. The van der Waals surface area contributed by atoms with Gasteiger partial charge in [0.15, 0.2) is 0 Å². The lowest BCUT2D eigenvalue weighted by Crippen LogP contribution is -2.13. The highest BCUT2D eigenvalue weighted by Crippen LogP contribution is 2.23. The zero-order valence-electron chi connectivity index (χ0n) is 11.5. The maximum atomic E-state index is 11.9. The molecule has 0 saturated carbocycles. The summed E-state index contributed by atoms with van der Waals surface area (Å²) < 4.78 is 5.17. The molecule has 1 N–H and O–H groups in total. The third kappa shape index (κ3) is 3.02. The fourth-order valence-electron chi connectivity index (χ4n) is 2.18. The first-order chi connectivity index (χ1) is 10.6. The first-order valence-electron chi connectivity index (χ1n) is 6.67. The standard InChI is InChI=1S/C17H12ClNO3/c18-12-7-5-11(6-8-12)10-22-16(20)9-15-13-3-1-2-4-14(13)17(21)19-15/h1-9H,10H2,(H,19,21)/b15-9+. The second-order valence-corrected chi connectivity index (χ2v) is 5.23. The highest BCUT2D eigenvalue weighted by molar-refractivity contribution is 6.30. The van der Waals surface area contributed by atoms with Crippen LogP contribution in [0.3, 0.4) is 0 Å². The van der Waals surface area contributed by atoms with Crippen molar-refractivity contribution in [1.29, 1.82) is 0 Å². The summed E-state index contributed by atoms with van der Waals surface area (Å²) in [5.41, 5.74) is 2.56. The predicted octanol–water partition coefficient (Wildman–Crippen LogP) is 3.17. The van der Waals surface area contributed by atoms with Gasteiger partial charge in [-0.3, -0.25) is 4.79 Å². The number of ether oxygens (including phenoxy) is 1. The van der Waals surface area contributed by atoms with Crippen molar-refractivity contribution in [2.45, 2.75) is 6.61 Å². The lowest BCUT2D eigenvalue weighted by atomic mass is 10.1. The number of halogens is 1. The molecule has 110 valence electrons. The van der Waals surface area contributed by atoms with Gasteiger partial charge in [0.25, 0.3) is 5.91 Å². The number of fused-ring (bicyclic) bond motifs is 1. The lowest BCUT2D eigenvalue weighted by Gasteiger charge is -2.04. The number of carbonyl (C=O) groups is 2. The number of hydrogen-bond acceptors (Lipinski definition) is 3. The van der Waals surface area contributed by atoms with Crippen molar-refractivity contribution >= 4 is 29.2 Å². The van der Waals surface area contributed by atoms with Gasteiger partial charge in [-0.15, -0.1) is 0 Å². The highest BCUT2D eigenvalue weighted by Gasteiger charge is 2.23. The molecule has 0 fully saturated rings. The molecule has 22 heavy (non-hydrogen) atoms. The molecule has 0 aromatic heterocycles. The quantitative estimate of drug-likeness (QED) is 0.699. The van der Waals surface area contributed by atoms with Crippen LogP contribution in [-0.4, -0.2) is 11.9 Å². The second-order valence-electron chi connectivity index (χ2n) is 4.79. The Kier molecular flexibility index (Phi) is 3.94. The first-order valence-corrected chi connectivity index (χ1v) is 7.05. The van der Waals surface area contributed by atoms with E-state index in [1.165, 1.54) is 6.08 Å². The normalized spacial score (nSPS) is 14.6. The van der Waals surface area contributed by atoms with E-state index in [2.05, 4.69) is 5.32 Å². The van der Waals surface area contributed by atoms with E-state index in [1.807, 2.05) is 6.07 Å². The molecule has 0 bridgehead atoms. The minimum atomic E-state index is -0.512. The van der Waals surface area contributed by atoms with Gasteiger partial charge in [-0.25, -0.2) is 4.79 Å². The fourth-order valence-corrected chi connectivity index (χ4v) is 2.31. The summed E-state index contributed by atoms with van der Waals surface area (Å²) in [6.45, 7) is 0.148. The molecule has 0 saturated heterocycles. The third-order valence-corrected chi connectivity index (χ3v) is 3.52. The Labute approximate surface area is 132 Å². The molecule has 0 atom stereocenters. The maximum Gasteiger partial charge on any atom is 0.333 e. The van der Waals surface area contributed by atoms with Gasteiger partial charge in [-0.2, -0.15) is 0 Å². The van der Waals surface area contributed by atoms with E-state index in [0.29, 0.717) is 21.8 Å². The zero-order valence-corrected chi connectivity index (χ0v) is 12.3. The SMILES string of the molecule is O=C(/C=C1/NC(=O)c2ccccc21)OCc1ccc(Cl)cc1. The number of nitrogens with one attached hydrogen (secondary N) is 1. The lowest BCUT2D eigenvalue weighted by molar-refractivity contribution is -0.138. The van der Waals surface area contributed by atoms with Gasteiger partial charge in [-0.1, -0.05) is 41.9 Å². The summed E-state index contributed by atoms with van der Waals surface area (Å²) in [7, 11) is 0. The van der Waals surface area contributed by atoms with Crippen molar-refractivity contribution in [3.63, 3.8) is 0 Å². The molecule has 1 amide bonds. The summed E-state index contributed by atoms with van der Waals surface area (Å²) in [4.78, 5) is 23.6. The minimum absolute atomic E-state index is 0.148. The average Bonchev–Trinajstić information content (AvgIpc) is 2.83. The van der Waals surface area contributed by atoms with Crippen molar-refractivity contribution in [2.75, 3.05) is 0 Å². The van der Waals surface area contributed by atoms with Crippen LogP contribution in [0.4, 0.5) is 0 Å². The van der Waals surface area contributed by atoms with Crippen molar-refractivity contribution in [2.24, 2.45) is 0 Å². The molecule has 3 rings (SSSR count). The average molecular weight is 314 g/mol. The monoisotopic (exact) mass is 313 g/mol. The van der Waals surface area contributed by atoms with Gasteiger partial charge < -0.3 is 10.1 Å². The van der Waals surface area contributed by atoms with Crippen molar-refractivity contribution < 1.29 is 14.3 Å². The van der Waals surface area contributed by atoms with Crippen LogP contribution < -0.4 is 5.32 Å². The van der Waals surface area contributed by atoms with E-state index < -0.39 is 5.97 Å². The summed E-state index contributed by atoms with van der Waals surface area (Å²) in [6.07, 6.45) is 1.29. The molecule has 0 spiro atoms. The molecular formula is C17H12ClNO3. The Balaban J connectivity index is 1.69. The Morgan fingerprint density at radius 1 is 1.09 bits per heavy atom. The van der Waals surface area contributed by atoms with E-state index in [1.54, 1.807) is 42.5 Å². The summed E-state index contributed by atoms with van der Waals surface area (Å²) >= 11 is 5.79. The Morgan fingerprint density at radius 2 is 1.77 bits per heavy atom. The number of amides is 1. The molecule has 0 unspecified atom stereocenters. The Morgan fingerprint density at radius 3 is 2.50 bits per heavy atom. The number of carbonyl (C=O) groups excluding carboxylic acids is 2. The Hall–Kier alpha value is -2.59. The maximum absolute atomic E-state index is 11.9. The molecule has 1 aliphatic rings. The molecule has 4 nitrogen and oxygen atoms in total. The van der Waals surface area contributed by atoms with Gasteiger partial charge in [0, 0.05) is 22.2 Å². The molecule has 2 aromatic rings. The van der Waals surface area contributed by atoms with Gasteiger partial charge in [0.2, 0.25) is 0 Å². The van der Waals surface area contributed by atoms with Gasteiger partial charge in [0.05, 0.1) is 5.70 Å². The van der Waals surface area contributed by atoms with Crippen LogP contribution in [0, 0.1) is 0 Å². The molecule has 5 heteroatoms. The van der Waals surface area contributed by atoms with Crippen molar-refractivity contribution in [1.82, 2.24) is 5.32 Å². The molecule has 1 heterocycles. The molecular weight excluding hydrogens is 302 g/mol. The van der Waals surface area contributed by atoms with E-state index >= 15 is 0 Å². The fraction of sp³-hybridized carbons (Fsp3) is 0.0588. The van der Waals surface area contributed by atoms with Crippen LogP contribution in [0.5, 0.6) is 0 Å². The van der Waals surface area contributed by atoms with Crippen LogP contribution >= 0.6 is 11.6 Å². The molecule has 2 aromatic carbocycles. The number of hydrogen-bond donors (Lipinski definition) is 1. The smallest absolute Gasteiger partial charge is 0.333 e. The van der Waals surface area contributed by atoms with Crippen molar-refractivity contribution in [3.8, 4) is 0 Å². The third-order valence-electron chi connectivity index (χ3n) is 3.27. The highest BCUT2D eigenvalue weighted by atomic mass is 35.5. The second kappa shape index (κ2) is 6.03. The predicted molar refractivity (Wildman–Crippen MR) is 83.1 cm³/mol. The van der Waals surface area contributed by atoms with Crippen LogP contribution in [0.15, 0.2) is 54.6 Å². The molecule has 0 aliphatic carbocycles. The molecule has 1 aliphatic heterocycles. The van der Waals surface area contributed by atoms with E-state index in [4.69, 9.17) is 16.3 Å². The van der Waals surface area contributed by atoms with Crippen molar-refractivity contribution in [3.05, 3.63) is 76.3 Å². The Bertz CT molecular complexity index is 766. The van der Waals surface area contributed by atoms with E-state index in [-0.39, 0.29) is 12.5 Å². The van der Waals surface area contributed by atoms with Crippen LogP contribution in [-0.2, 0) is 16.1 Å². The summed E-state index contributed by atoms with van der Waals surface area (Å²) in [5.74, 6) is -0.727. The summed E-state index contributed by atoms with van der Waals surface area (Å²) in [5, 5.41) is 3.29. The summed E-state index contributed by atoms with van der Waals surface area (Å²) in [6, 6.07) is 14.1. The van der Waals surface area contributed by atoms with Crippen LogP contribution in [0.25, 0.3) is 5.70 Å². The number of rotatable bonds is 3. The van der Waals surface area contributed by atoms with Gasteiger partial charge in [-0.05, 0) is 23.8 Å². The van der Waals surface area contributed by atoms with Crippen LogP contribution in [0.2, 0.25) is 5.02 Å². The minimum Gasteiger partial charge on any atom is -0.458 e. The van der Waals surface area contributed by atoms with E-state index in [9.17, 15) is 9.59 Å². The van der Waals surface area contributed by atoms with Gasteiger partial charge >= 0.3 is 5.97 Å². The largest absolute Gasteiger partial charge is 0.458 e. The number of esters is 1. The molecule has 0 radical (unpaired) electrons. The van der Waals surface area contributed by atoms with E-state index in [0.717, 1.165) is 5.56 Å². The zero-order chi connectivity index (χ0) is 15.5. The van der Waals surface area contributed by atoms with Crippen LogP contribution in [0.1, 0.15) is 21.5 Å². The van der Waals surface area contributed by atoms with Gasteiger partial charge in [0.1, 0.15) is 6.61 Å².